The van der Waals surface area contributed by atoms with Gasteiger partial charge in [0.2, 0.25) is 0 Å². The molecule has 0 aromatic carbocycles. The van der Waals surface area contributed by atoms with Crippen molar-refractivity contribution in [1.29, 1.82) is 0 Å². The summed E-state index contributed by atoms with van der Waals surface area (Å²) in [4.78, 5) is 37.7. The molecule has 4 saturated carbocycles. The highest BCUT2D eigenvalue weighted by molar-refractivity contribution is 5.93. The first-order valence-corrected chi connectivity index (χ1v) is 12.3. The average molecular weight is 475 g/mol. The molecule has 1 aromatic heterocycles. The molecule has 10 atom stereocenters. The predicted octanol–water partition coefficient (Wildman–Crippen LogP) is 1.93. The lowest BCUT2D eigenvalue weighted by molar-refractivity contribution is -0.228. The Hall–Kier alpha value is -2.03. The molecule has 186 valence electrons. The Morgan fingerprint density at radius 3 is 2.53 bits per heavy atom. The number of hydrogen-bond acceptors (Lipinski definition) is 8. The maximum Gasteiger partial charge on any atom is 0.335 e. The molecule has 0 spiro atoms. The lowest BCUT2D eigenvalue weighted by Crippen LogP contribution is -2.70. The number of rotatable bonds is 2. The number of Topliss-reactive ketones (excluding diaryl/α,β-unsaturated/α-hetero) is 1. The van der Waals surface area contributed by atoms with Gasteiger partial charge in [0, 0.05) is 31.2 Å². The van der Waals surface area contributed by atoms with E-state index in [1.807, 2.05) is 0 Å². The third-order valence-corrected chi connectivity index (χ3v) is 10.1. The maximum absolute atomic E-state index is 14.1. The van der Waals surface area contributed by atoms with E-state index >= 15 is 0 Å². The molecule has 1 heterocycles. The summed E-state index contributed by atoms with van der Waals surface area (Å²) in [5.41, 5.74) is -3.41. The van der Waals surface area contributed by atoms with Gasteiger partial charge in [0.25, 0.3) is 0 Å². The van der Waals surface area contributed by atoms with Crippen LogP contribution >= 0.6 is 0 Å². The van der Waals surface area contributed by atoms with E-state index in [0.29, 0.717) is 31.2 Å². The van der Waals surface area contributed by atoms with Gasteiger partial charge >= 0.3 is 11.6 Å². The molecule has 0 unspecified atom stereocenters. The Labute approximate surface area is 198 Å². The van der Waals surface area contributed by atoms with E-state index in [0.717, 1.165) is 6.42 Å². The highest BCUT2D eigenvalue weighted by Crippen LogP contribution is 2.69. The van der Waals surface area contributed by atoms with Crippen molar-refractivity contribution in [2.24, 2.45) is 28.6 Å². The first-order chi connectivity index (χ1) is 15.9. The largest absolute Gasteiger partial charge is 0.462 e. The van der Waals surface area contributed by atoms with Crippen LogP contribution in [0.25, 0.3) is 0 Å². The van der Waals surface area contributed by atoms with Crippen LogP contribution in [0.3, 0.4) is 0 Å². The Bertz CT molecular complexity index is 1040. The number of esters is 1. The maximum atomic E-state index is 14.1. The SMILES string of the molecule is CC(=O)O[C@H]1C[C@]2(O)[C@H]3CC[C@@H]4C[C@@H](O)CC[C@]4(C)[C@H]3[C@H](O)C(=O)[C@]2(C)[C@H]1c1ccc(=O)oc1. The summed E-state index contributed by atoms with van der Waals surface area (Å²) in [6.45, 7) is 5.04. The van der Waals surface area contributed by atoms with Gasteiger partial charge in [-0.25, -0.2) is 4.79 Å². The second kappa shape index (κ2) is 7.73. The van der Waals surface area contributed by atoms with Gasteiger partial charge in [-0.2, -0.15) is 0 Å². The zero-order valence-electron chi connectivity index (χ0n) is 19.9. The Morgan fingerprint density at radius 1 is 1.15 bits per heavy atom. The number of carbonyl (C=O) groups excluding carboxylic acids is 2. The molecular formula is C26H34O8. The molecule has 8 nitrogen and oxygen atoms in total. The molecule has 0 bridgehead atoms. The van der Waals surface area contributed by atoms with E-state index < -0.39 is 52.4 Å². The molecule has 4 aliphatic carbocycles. The fraction of sp³-hybridized carbons (Fsp3) is 0.731. The van der Waals surface area contributed by atoms with Crippen molar-refractivity contribution in [1.82, 2.24) is 0 Å². The number of fused-ring (bicyclic) bond motifs is 5. The minimum atomic E-state index is -1.51. The van der Waals surface area contributed by atoms with Gasteiger partial charge in [0.15, 0.2) is 5.78 Å². The van der Waals surface area contributed by atoms with Crippen LogP contribution in [0, 0.1) is 28.6 Å². The first-order valence-electron chi connectivity index (χ1n) is 12.3. The Balaban J connectivity index is 1.64. The van der Waals surface area contributed by atoms with Crippen LogP contribution in [0.15, 0.2) is 27.6 Å². The van der Waals surface area contributed by atoms with E-state index in [1.54, 1.807) is 6.92 Å². The van der Waals surface area contributed by atoms with Crippen molar-refractivity contribution in [3.05, 3.63) is 34.4 Å². The fourth-order valence-electron chi connectivity index (χ4n) is 8.49. The molecule has 3 N–H and O–H groups in total. The van der Waals surface area contributed by atoms with Gasteiger partial charge in [0.05, 0.1) is 23.4 Å². The van der Waals surface area contributed by atoms with Gasteiger partial charge in [-0.15, -0.1) is 0 Å². The molecule has 8 heteroatoms. The van der Waals surface area contributed by atoms with Crippen LogP contribution in [0.5, 0.6) is 0 Å². The van der Waals surface area contributed by atoms with Gasteiger partial charge in [-0.05, 0) is 67.9 Å². The number of hydrogen-bond donors (Lipinski definition) is 3. The molecule has 5 rings (SSSR count). The van der Waals surface area contributed by atoms with Crippen molar-refractivity contribution in [2.45, 2.75) is 89.1 Å². The molecule has 34 heavy (non-hydrogen) atoms. The van der Waals surface area contributed by atoms with Gasteiger partial charge in [0.1, 0.15) is 12.2 Å². The zero-order valence-corrected chi connectivity index (χ0v) is 19.9. The van der Waals surface area contributed by atoms with Crippen molar-refractivity contribution in [3.63, 3.8) is 0 Å². The van der Waals surface area contributed by atoms with Gasteiger partial charge in [-0.3, -0.25) is 9.59 Å². The van der Waals surface area contributed by atoms with Gasteiger partial charge in [-0.1, -0.05) is 6.92 Å². The molecular weight excluding hydrogens is 440 g/mol. The molecule has 0 saturated heterocycles. The molecule has 1 aromatic rings. The van der Waals surface area contributed by atoms with Crippen LogP contribution in [-0.4, -0.2) is 51.0 Å². The van der Waals surface area contributed by atoms with Crippen LogP contribution < -0.4 is 5.63 Å². The zero-order chi connectivity index (χ0) is 24.6. The van der Waals surface area contributed by atoms with E-state index in [1.165, 1.54) is 25.3 Å². The third kappa shape index (κ3) is 3.04. The summed E-state index contributed by atoms with van der Waals surface area (Å²) in [6, 6.07) is 2.78. The van der Waals surface area contributed by atoms with E-state index in [4.69, 9.17) is 9.15 Å². The standard InChI is InChI=1S/C26H34O8/c1-13(27)34-18-11-26(32)17-6-5-15-10-16(28)8-9-24(15,2)21(17)22(30)23(31)25(26,3)20(18)14-4-7-19(29)33-12-14/h4,7,12,15-18,20-22,28,30,32H,5-6,8-11H2,1-3H3/t15-,16+,17+,18+,20+,21-,22+,24+,25+,26+/m1/s1. The average Bonchev–Trinajstić information content (AvgIpc) is 3.00. The molecule has 0 radical (unpaired) electrons. The van der Waals surface area contributed by atoms with E-state index in [-0.39, 0.29) is 29.8 Å². The van der Waals surface area contributed by atoms with Crippen molar-refractivity contribution >= 4 is 11.8 Å². The minimum Gasteiger partial charge on any atom is -0.462 e. The smallest absolute Gasteiger partial charge is 0.335 e. The lowest BCUT2D eigenvalue weighted by atomic mass is 9.42. The minimum absolute atomic E-state index is 0.0653. The van der Waals surface area contributed by atoms with Crippen LogP contribution in [0.4, 0.5) is 0 Å². The molecule has 4 fully saturated rings. The van der Waals surface area contributed by atoms with Crippen molar-refractivity contribution in [3.8, 4) is 0 Å². The van der Waals surface area contributed by atoms with E-state index in [9.17, 15) is 29.7 Å². The van der Waals surface area contributed by atoms with E-state index in [2.05, 4.69) is 6.92 Å². The van der Waals surface area contributed by atoms with Crippen molar-refractivity contribution in [2.75, 3.05) is 0 Å². The first kappa shape index (κ1) is 23.7. The summed E-state index contributed by atoms with van der Waals surface area (Å²) >= 11 is 0. The summed E-state index contributed by atoms with van der Waals surface area (Å²) in [7, 11) is 0. The monoisotopic (exact) mass is 474 g/mol. The second-order valence-electron chi connectivity index (χ2n) is 11.5. The molecule has 4 aliphatic rings. The van der Waals surface area contributed by atoms with Crippen molar-refractivity contribution < 1.29 is 34.1 Å². The van der Waals surface area contributed by atoms with Crippen LogP contribution in [-0.2, 0) is 14.3 Å². The second-order valence-corrected chi connectivity index (χ2v) is 11.5. The number of aliphatic hydroxyl groups excluding tert-OH is 2. The quantitative estimate of drug-likeness (QED) is 0.554. The Kier molecular flexibility index (Phi) is 5.39. The van der Waals surface area contributed by atoms with Crippen LogP contribution in [0.2, 0.25) is 0 Å². The summed E-state index contributed by atoms with van der Waals surface area (Å²) in [5, 5.41) is 34.2. The van der Waals surface area contributed by atoms with Crippen LogP contribution in [0.1, 0.15) is 70.8 Å². The summed E-state index contributed by atoms with van der Waals surface area (Å²) in [5.74, 6) is -2.42. The third-order valence-electron chi connectivity index (χ3n) is 10.1. The fourth-order valence-corrected chi connectivity index (χ4v) is 8.49. The molecule has 0 amide bonds. The summed E-state index contributed by atoms with van der Waals surface area (Å²) in [6.07, 6.45) is 2.17. The highest BCUT2D eigenvalue weighted by Gasteiger charge is 2.76. The number of carbonyl (C=O) groups is 2. The molecule has 0 aliphatic heterocycles. The normalized spacial score (nSPS) is 47.9. The highest BCUT2D eigenvalue weighted by atomic mass is 16.5. The van der Waals surface area contributed by atoms with Gasteiger partial charge < -0.3 is 24.5 Å². The topological polar surface area (TPSA) is 134 Å². The lowest BCUT2D eigenvalue weighted by Gasteiger charge is -2.63. The number of aliphatic hydroxyl groups is 3. The number of ether oxygens (including phenoxy) is 1. The summed E-state index contributed by atoms with van der Waals surface area (Å²) < 4.78 is 10.7. The Morgan fingerprint density at radius 2 is 1.88 bits per heavy atom. The predicted molar refractivity (Wildman–Crippen MR) is 120 cm³/mol. The number of ketones is 1.